The number of nitrogen functional groups attached to an aromatic ring is 1. The quantitative estimate of drug-likeness (QED) is 0.115. The van der Waals surface area contributed by atoms with Gasteiger partial charge in [0.05, 0.1) is 11.3 Å². The Balaban J connectivity index is 0.00000433. The second-order valence-corrected chi connectivity index (χ2v) is 12.0. The van der Waals surface area contributed by atoms with Crippen molar-refractivity contribution in [3.8, 4) is 40.5 Å². The van der Waals surface area contributed by atoms with Gasteiger partial charge in [-0.2, -0.15) is 10.5 Å². The lowest BCUT2D eigenvalue weighted by atomic mass is 9.97. The zero-order valence-corrected chi connectivity index (χ0v) is 30.3. The first-order chi connectivity index (χ1) is 22.9. The average molecular weight is 763 g/mol. The molecule has 0 fully saturated rings. The SMILES string of the molecule is Cc1oc(-c2ccc(Cl)cc2)nc1CSc1nc(N)c(C#N)c(-c2ccc(OC[C@@H](COC(=O)[C@H](C)N)OC(=O)[C@H](C)N)cc2)c1C#N.Cl.Cl. The van der Waals surface area contributed by atoms with Crippen LogP contribution in [0.15, 0.2) is 58.0 Å². The number of nitrogens with two attached hydrogens (primary N) is 3. The smallest absolute Gasteiger partial charge is 0.323 e. The summed E-state index contributed by atoms with van der Waals surface area (Å²) in [5.41, 5.74) is 19.8. The number of esters is 2. The summed E-state index contributed by atoms with van der Waals surface area (Å²) in [6.45, 7) is 4.26. The van der Waals surface area contributed by atoms with Gasteiger partial charge in [0.15, 0.2) is 6.10 Å². The molecule has 0 aliphatic carbocycles. The third-order valence-electron chi connectivity index (χ3n) is 6.76. The Kier molecular flexibility index (Phi) is 15.8. The zero-order chi connectivity index (χ0) is 35.0. The van der Waals surface area contributed by atoms with Crippen molar-refractivity contribution in [2.75, 3.05) is 18.9 Å². The van der Waals surface area contributed by atoms with Crippen molar-refractivity contribution in [2.24, 2.45) is 11.5 Å². The van der Waals surface area contributed by atoms with Crippen LogP contribution in [0.3, 0.4) is 0 Å². The summed E-state index contributed by atoms with van der Waals surface area (Å²) in [5.74, 6) is 0.310. The van der Waals surface area contributed by atoms with Gasteiger partial charge in [-0.15, -0.1) is 24.8 Å². The number of halogens is 3. The summed E-state index contributed by atoms with van der Waals surface area (Å²) in [6.07, 6.45) is -0.962. The fourth-order valence-electron chi connectivity index (χ4n) is 4.21. The number of oxazole rings is 1. The van der Waals surface area contributed by atoms with Gasteiger partial charge in [-0.25, -0.2) is 9.97 Å². The molecule has 0 amide bonds. The van der Waals surface area contributed by atoms with Crippen LogP contribution in [0.1, 0.15) is 36.4 Å². The Labute approximate surface area is 310 Å². The number of aryl methyl sites for hydroxylation is 1. The molecule has 50 heavy (non-hydrogen) atoms. The molecule has 4 rings (SSSR count). The second kappa shape index (κ2) is 19.0. The predicted molar refractivity (Wildman–Crippen MR) is 193 cm³/mol. The fraction of sp³-hybridized carbons (Fsp3) is 0.273. The Hall–Kier alpha value is -4.54. The molecule has 2 heterocycles. The maximum Gasteiger partial charge on any atom is 0.323 e. The number of ether oxygens (including phenoxy) is 3. The zero-order valence-electron chi connectivity index (χ0n) is 27.0. The first-order valence-corrected chi connectivity index (χ1v) is 15.9. The summed E-state index contributed by atoms with van der Waals surface area (Å²) in [7, 11) is 0. The number of nitrogens with zero attached hydrogens (tertiary/aromatic N) is 4. The number of thioether (sulfide) groups is 1. The van der Waals surface area contributed by atoms with Gasteiger partial charge in [0, 0.05) is 21.9 Å². The number of anilines is 1. The molecule has 0 saturated carbocycles. The van der Waals surface area contributed by atoms with Gasteiger partial charge in [-0.3, -0.25) is 9.59 Å². The van der Waals surface area contributed by atoms with E-state index in [4.69, 9.17) is 47.4 Å². The summed E-state index contributed by atoms with van der Waals surface area (Å²) >= 11 is 7.23. The van der Waals surface area contributed by atoms with E-state index in [1.54, 1.807) is 55.5 Å². The van der Waals surface area contributed by atoms with Crippen molar-refractivity contribution in [3.05, 3.63) is 76.1 Å². The van der Waals surface area contributed by atoms with Crippen LogP contribution in [0.5, 0.6) is 5.75 Å². The molecule has 0 radical (unpaired) electrons. The summed E-state index contributed by atoms with van der Waals surface area (Å²) in [5, 5.41) is 21.1. The first-order valence-electron chi connectivity index (χ1n) is 14.5. The molecular formula is C33H34Cl3N7O6S. The lowest BCUT2D eigenvalue weighted by Crippen LogP contribution is -2.38. The van der Waals surface area contributed by atoms with Crippen LogP contribution in [-0.4, -0.2) is 53.3 Å². The molecule has 2 aromatic heterocycles. The molecule has 6 N–H and O–H groups in total. The molecule has 0 aliphatic rings. The third-order valence-corrected chi connectivity index (χ3v) is 8.00. The van der Waals surface area contributed by atoms with Crippen LogP contribution in [0.2, 0.25) is 5.02 Å². The number of pyridine rings is 1. The number of hydrogen-bond donors (Lipinski definition) is 3. The van der Waals surface area contributed by atoms with Gasteiger partial charge >= 0.3 is 11.9 Å². The topological polar surface area (TPSA) is 226 Å². The standard InChI is InChI=1S/C33H32ClN7O6S.2ClH/c1-17(37)32(42)45-15-24(47-33(43)18(2)38)14-44-23-10-6-20(7-11-23)28-25(12-35)29(39)41-31(26(28)13-36)48-16-27-19(3)46-30(40-27)21-4-8-22(34)9-5-21;;/h4-11,17-18,24H,14-16,37-38H2,1-3H3,(H2,39,41);2*1H/t17-,18-,24-;;/m0../s1. The Morgan fingerprint density at radius 2 is 1.52 bits per heavy atom. The molecule has 0 unspecified atom stereocenters. The number of carbonyl (C=O) groups excluding carboxylic acids is 2. The highest BCUT2D eigenvalue weighted by atomic mass is 35.5. The van der Waals surface area contributed by atoms with E-state index in [9.17, 15) is 20.1 Å². The highest BCUT2D eigenvalue weighted by molar-refractivity contribution is 7.98. The minimum Gasteiger partial charge on any atom is -0.490 e. The van der Waals surface area contributed by atoms with E-state index < -0.39 is 30.1 Å². The minimum atomic E-state index is -0.962. The largest absolute Gasteiger partial charge is 0.490 e. The fourth-order valence-corrected chi connectivity index (χ4v) is 5.33. The summed E-state index contributed by atoms with van der Waals surface area (Å²) < 4.78 is 22.1. The van der Waals surface area contributed by atoms with E-state index >= 15 is 0 Å². The maximum atomic E-state index is 12.1. The van der Waals surface area contributed by atoms with Crippen LogP contribution in [0.4, 0.5) is 5.82 Å². The Morgan fingerprint density at radius 3 is 2.10 bits per heavy atom. The van der Waals surface area contributed by atoms with Gasteiger partial charge in [-0.05, 0) is 62.7 Å². The summed E-state index contributed by atoms with van der Waals surface area (Å²) in [4.78, 5) is 32.9. The highest BCUT2D eigenvalue weighted by Crippen LogP contribution is 2.37. The molecule has 2 aromatic carbocycles. The van der Waals surface area contributed by atoms with Gasteiger partial charge in [0.1, 0.15) is 65.4 Å². The van der Waals surface area contributed by atoms with Gasteiger partial charge in [0.2, 0.25) is 5.89 Å². The first kappa shape index (κ1) is 41.6. The molecule has 0 saturated heterocycles. The van der Waals surface area contributed by atoms with Crippen LogP contribution in [0, 0.1) is 29.6 Å². The third kappa shape index (κ3) is 10.5. The average Bonchev–Trinajstić information content (AvgIpc) is 3.44. The second-order valence-electron chi connectivity index (χ2n) is 10.6. The Bertz CT molecular complexity index is 1880. The minimum absolute atomic E-state index is 0. The van der Waals surface area contributed by atoms with E-state index in [1.807, 2.05) is 0 Å². The van der Waals surface area contributed by atoms with Crippen LogP contribution >= 0.6 is 48.2 Å². The number of rotatable bonds is 13. The van der Waals surface area contributed by atoms with E-state index in [2.05, 4.69) is 22.1 Å². The van der Waals surface area contributed by atoms with Crippen molar-refractivity contribution in [1.82, 2.24) is 9.97 Å². The van der Waals surface area contributed by atoms with Gasteiger partial charge < -0.3 is 35.8 Å². The monoisotopic (exact) mass is 761 g/mol. The molecule has 0 aliphatic heterocycles. The van der Waals surface area contributed by atoms with E-state index in [1.165, 1.54) is 25.6 Å². The van der Waals surface area contributed by atoms with Gasteiger partial charge in [0.25, 0.3) is 0 Å². The van der Waals surface area contributed by atoms with E-state index in [0.29, 0.717) is 50.0 Å². The highest BCUT2D eigenvalue weighted by Gasteiger charge is 2.23. The molecular weight excluding hydrogens is 729 g/mol. The van der Waals surface area contributed by atoms with E-state index in [0.717, 1.165) is 5.56 Å². The molecule has 264 valence electrons. The van der Waals surface area contributed by atoms with Crippen molar-refractivity contribution >= 4 is 65.9 Å². The molecule has 0 bridgehead atoms. The van der Waals surface area contributed by atoms with Gasteiger partial charge in [-0.1, -0.05) is 35.5 Å². The van der Waals surface area contributed by atoms with Crippen molar-refractivity contribution < 1.29 is 28.2 Å². The van der Waals surface area contributed by atoms with E-state index in [-0.39, 0.29) is 55.0 Å². The Morgan fingerprint density at radius 1 is 0.920 bits per heavy atom. The molecule has 13 nitrogen and oxygen atoms in total. The lowest BCUT2D eigenvalue weighted by molar-refractivity contribution is -0.162. The number of aromatic nitrogens is 2. The molecule has 0 spiro atoms. The van der Waals surface area contributed by atoms with Crippen molar-refractivity contribution in [2.45, 2.75) is 49.7 Å². The van der Waals surface area contributed by atoms with Crippen molar-refractivity contribution in [1.29, 1.82) is 10.5 Å². The molecule has 17 heteroatoms. The molecule has 3 atom stereocenters. The number of nitriles is 2. The summed E-state index contributed by atoms with van der Waals surface area (Å²) in [6, 6.07) is 16.1. The normalized spacial score (nSPS) is 12.2. The van der Waals surface area contributed by atoms with Crippen LogP contribution in [0.25, 0.3) is 22.6 Å². The molecule has 4 aromatic rings. The van der Waals surface area contributed by atoms with Crippen LogP contribution < -0.4 is 21.9 Å². The van der Waals surface area contributed by atoms with Crippen LogP contribution in [-0.2, 0) is 24.8 Å². The van der Waals surface area contributed by atoms with Crippen molar-refractivity contribution in [3.63, 3.8) is 0 Å². The predicted octanol–water partition coefficient (Wildman–Crippen LogP) is 5.36. The number of hydrogen-bond acceptors (Lipinski definition) is 14. The number of carbonyl (C=O) groups is 2. The lowest BCUT2D eigenvalue weighted by Gasteiger charge is -2.20. The number of benzene rings is 2. The maximum absolute atomic E-state index is 12.1.